The van der Waals surface area contributed by atoms with Crippen molar-refractivity contribution in [2.45, 2.75) is 5.75 Å². The summed E-state index contributed by atoms with van der Waals surface area (Å²) in [7, 11) is -3.26. The third-order valence-electron chi connectivity index (χ3n) is 5.07. The normalized spacial score (nSPS) is 23.8. The SMILES string of the molecule is O=S(=O)(Cc1ccccc1)N1CC2CN(c3ccc(Cl)cn3)CC2C1. The molecular weight excluding hydrogens is 358 g/mol. The number of benzene rings is 1. The van der Waals surface area contributed by atoms with Crippen LogP contribution in [-0.2, 0) is 15.8 Å². The summed E-state index contributed by atoms with van der Waals surface area (Å²) in [6.45, 7) is 2.89. The van der Waals surface area contributed by atoms with Crippen LogP contribution in [0.1, 0.15) is 5.56 Å². The molecule has 2 aromatic rings. The van der Waals surface area contributed by atoms with Crippen LogP contribution in [0.2, 0.25) is 5.02 Å². The summed E-state index contributed by atoms with van der Waals surface area (Å²) < 4.78 is 27.1. The van der Waals surface area contributed by atoms with Crippen LogP contribution in [0, 0.1) is 11.8 Å². The molecule has 0 saturated carbocycles. The molecule has 25 heavy (non-hydrogen) atoms. The van der Waals surface area contributed by atoms with Gasteiger partial charge in [0.1, 0.15) is 5.82 Å². The fourth-order valence-corrected chi connectivity index (χ4v) is 5.54. The first-order chi connectivity index (χ1) is 12.0. The van der Waals surface area contributed by atoms with E-state index in [0.29, 0.717) is 29.9 Å². The number of aromatic nitrogens is 1. The van der Waals surface area contributed by atoms with Crippen LogP contribution < -0.4 is 4.90 Å². The second kappa shape index (κ2) is 6.59. The number of anilines is 1. The first-order valence-electron chi connectivity index (χ1n) is 8.39. The van der Waals surface area contributed by atoms with E-state index in [0.717, 1.165) is 24.5 Å². The standard InChI is InChI=1S/C18H20ClN3O2S/c19-17-6-7-18(20-8-17)21-9-15-11-22(12-16(15)10-21)25(23,24)13-14-4-2-1-3-5-14/h1-8,15-16H,9-13H2. The van der Waals surface area contributed by atoms with Crippen molar-refractivity contribution in [2.24, 2.45) is 11.8 Å². The summed E-state index contributed by atoms with van der Waals surface area (Å²) in [6.07, 6.45) is 1.65. The minimum absolute atomic E-state index is 0.0791. The number of fused-ring (bicyclic) bond motifs is 1. The van der Waals surface area contributed by atoms with E-state index in [2.05, 4.69) is 9.88 Å². The maximum absolute atomic E-state index is 12.7. The Morgan fingerprint density at radius 2 is 1.68 bits per heavy atom. The van der Waals surface area contributed by atoms with Gasteiger partial charge in [0.2, 0.25) is 10.0 Å². The van der Waals surface area contributed by atoms with Crippen molar-refractivity contribution in [2.75, 3.05) is 31.1 Å². The Bertz CT molecular complexity index is 828. The minimum atomic E-state index is -3.26. The molecule has 1 aromatic heterocycles. The summed E-state index contributed by atoms with van der Waals surface area (Å²) in [5.74, 6) is 1.72. The van der Waals surface area contributed by atoms with Gasteiger partial charge in [0.05, 0.1) is 10.8 Å². The van der Waals surface area contributed by atoms with Crippen molar-refractivity contribution in [1.82, 2.24) is 9.29 Å². The smallest absolute Gasteiger partial charge is 0.218 e. The quantitative estimate of drug-likeness (QED) is 0.821. The van der Waals surface area contributed by atoms with Crippen molar-refractivity contribution in [3.8, 4) is 0 Å². The van der Waals surface area contributed by atoms with E-state index in [1.165, 1.54) is 0 Å². The third kappa shape index (κ3) is 3.52. The summed E-state index contributed by atoms with van der Waals surface area (Å²) in [5, 5.41) is 0.626. The highest BCUT2D eigenvalue weighted by Gasteiger charge is 2.44. The average Bonchev–Trinajstić information content (AvgIpc) is 3.15. The van der Waals surface area contributed by atoms with Crippen molar-refractivity contribution in [3.05, 3.63) is 59.2 Å². The van der Waals surface area contributed by atoms with Gasteiger partial charge >= 0.3 is 0 Å². The molecule has 0 spiro atoms. The van der Waals surface area contributed by atoms with E-state index in [-0.39, 0.29) is 5.75 Å². The van der Waals surface area contributed by atoms with Gasteiger partial charge in [-0.05, 0) is 29.5 Å². The molecule has 2 atom stereocenters. The van der Waals surface area contributed by atoms with E-state index in [9.17, 15) is 8.42 Å². The molecular formula is C18H20ClN3O2S. The second-order valence-electron chi connectivity index (χ2n) is 6.82. The Morgan fingerprint density at radius 1 is 1.00 bits per heavy atom. The highest BCUT2D eigenvalue weighted by atomic mass is 35.5. The molecule has 0 aliphatic carbocycles. The first-order valence-corrected chi connectivity index (χ1v) is 10.4. The van der Waals surface area contributed by atoms with Crippen LogP contribution in [0.3, 0.4) is 0 Å². The van der Waals surface area contributed by atoms with Gasteiger partial charge in [-0.2, -0.15) is 0 Å². The van der Waals surface area contributed by atoms with Gasteiger partial charge in [-0.3, -0.25) is 0 Å². The molecule has 2 unspecified atom stereocenters. The van der Waals surface area contributed by atoms with Gasteiger partial charge in [-0.1, -0.05) is 41.9 Å². The van der Waals surface area contributed by atoms with Crippen molar-refractivity contribution in [1.29, 1.82) is 0 Å². The Balaban J connectivity index is 1.41. The molecule has 2 aliphatic rings. The predicted molar refractivity (Wildman–Crippen MR) is 99.1 cm³/mol. The lowest BCUT2D eigenvalue weighted by Crippen LogP contribution is -2.34. The van der Waals surface area contributed by atoms with Crippen LogP contribution in [-0.4, -0.2) is 43.9 Å². The summed E-state index contributed by atoms with van der Waals surface area (Å²) >= 11 is 5.90. The van der Waals surface area contributed by atoms with Gasteiger partial charge in [0, 0.05) is 32.4 Å². The number of sulfonamides is 1. The van der Waals surface area contributed by atoms with E-state index >= 15 is 0 Å². The molecule has 2 aliphatic heterocycles. The Morgan fingerprint density at radius 3 is 2.28 bits per heavy atom. The van der Waals surface area contributed by atoms with Gasteiger partial charge in [-0.25, -0.2) is 17.7 Å². The molecule has 7 heteroatoms. The molecule has 1 aromatic carbocycles. The van der Waals surface area contributed by atoms with Gasteiger partial charge in [-0.15, -0.1) is 0 Å². The zero-order valence-corrected chi connectivity index (χ0v) is 15.3. The highest BCUT2D eigenvalue weighted by Crippen LogP contribution is 2.35. The average molecular weight is 378 g/mol. The maximum Gasteiger partial charge on any atom is 0.218 e. The largest absolute Gasteiger partial charge is 0.356 e. The van der Waals surface area contributed by atoms with Crippen LogP contribution in [0.5, 0.6) is 0 Å². The second-order valence-corrected chi connectivity index (χ2v) is 9.22. The minimum Gasteiger partial charge on any atom is -0.356 e. The Kier molecular flexibility index (Phi) is 4.43. The molecule has 5 nitrogen and oxygen atoms in total. The summed E-state index contributed by atoms with van der Waals surface area (Å²) in [4.78, 5) is 6.60. The molecule has 2 fully saturated rings. The number of hydrogen-bond donors (Lipinski definition) is 0. The molecule has 0 amide bonds. The van der Waals surface area contributed by atoms with Crippen LogP contribution in [0.4, 0.5) is 5.82 Å². The van der Waals surface area contributed by atoms with Crippen molar-refractivity contribution < 1.29 is 8.42 Å². The van der Waals surface area contributed by atoms with Crippen molar-refractivity contribution >= 4 is 27.4 Å². The van der Waals surface area contributed by atoms with E-state index in [1.54, 1.807) is 10.5 Å². The lowest BCUT2D eigenvalue weighted by molar-refractivity contribution is 0.452. The number of nitrogens with zero attached hydrogens (tertiary/aromatic N) is 3. The molecule has 3 heterocycles. The zero-order chi connectivity index (χ0) is 17.4. The van der Waals surface area contributed by atoms with Gasteiger partial charge in [0.25, 0.3) is 0 Å². The monoisotopic (exact) mass is 377 g/mol. The van der Waals surface area contributed by atoms with Crippen LogP contribution in [0.15, 0.2) is 48.7 Å². The van der Waals surface area contributed by atoms with Gasteiger partial charge in [0.15, 0.2) is 0 Å². The fraction of sp³-hybridized carbons (Fsp3) is 0.389. The number of pyridine rings is 1. The Labute approximate surface area is 153 Å². The Hall–Kier alpha value is -1.63. The lowest BCUT2D eigenvalue weighted by atomic mass is 10.0. The van der Waals surface area contributed by atoms with E-state index in [1.807, 2.05) is 42.5 Å². The van der Waals surface area contributed by atoms with Crippen molar-refractivity contribution in [3.63, 3.8) is 0 Å². The molecule has 132 valence electrons. The van der Waals surface area contributed by atoms with Crippen LogP contribution >= 0.6 is 11.6 Å². The molecule has 0 radical (unpaired) electrons. The maximum atomic E-state index is 12.7. The lowest BCUT2D eigenvalue weighted by Gasteiger charge is -2.22. The predicted octanol–water partition coefficient (Wildman–Crippen LogP) is 2.63. The first kappa shape index (κ1) is 16.8. The van der Waals surface area contributed by atoms with Gasteiger partial charge < -0.3 is 4.90 Å². The van der Waals surface area contributed by atoms with Crippen LogP contribution in [0.25, 0.3) is 0 Å². The summed E-state index contributed by atoms with van der Waals surface area (Å²) in [6, 6.07) is 13.1. The molecule has 0 N–H and O–H groups in total. The van der Waals surface area contributed by atoms with E-state index < -0.39 is 10.0 Å². The molecule has 0 bridgehead atoms. The topological polar surface area (TPSA) is 53.5 Å². The zero-order valence-electron chi connectivity index (χ0n) is 13.8. The molecule has 4 rings (SSSR count). The van der Waals surface area contributed by atoms with E-state index in [4.69, 9.17) is 11.6 Å². The number of rotatable bonds is 4. The number of halogens is 1. The highest BCUT2D eigenvalue weighted by molar-refractivity contribution is 7.88. The summed E-state index contributed by atoms with van der Waals surface area (Å²) in [5.41, 5.74) is 0.839. The number of hydrogen-bond acceptors (Lipinski definition) is 4. The fourth-order valence-electron chi connectivity index (χ4n) is 3.80. The molecule has 2 saturated heterocycles. The third-order valence-corrected chi connectivity index (χ3v) is 7.08.